The lowest BCUT2D eigenvalue weighted by molar-refractivity contribution is 0.0410. The van der Waals surface area contributed by atoms with Crippen molar-refractivity contribution in [3.8, 4) is 0 Å². The van der Waals surface area contributed by atoms with Gasteiger partial charge in [0.05, 0.1) is 5.60 Å². The van der Waals surface area contributed by atoms with Crippen LogP contribution in [0.25, 0.3) is 0 Å². The summed E-state index contributed by atoms with van der Waals surface area (Å²) >= 11 is 0. The molecule has 1 aromatic carbocycles. The van der Waals surface area contributed by atoms with Gasteiger partial charge in [0.2, 0.25) is 0 Å². The summed E-state index contributed by atoms with van der Waals surface area (Å²) in [5, 5.41) is 9.98. The number of rotatable bonds is 4. The quantitative estimate of drug-likeness (QED) is 0.855. The Kier molecular flexibility index (Phi) is 4.69. The molecule has 4 heteroatoms. The van der Waals surface area contributed by atoms with Crippen molar-refractivity contribution in [1.82, 2.24) is 4.90 Å². The molecular formula is C17H28BN2O. The smallest absolute Gasteiger partial charge is 0.161 e. The van der Waals surface area contributed by atoms with Crippen molar-refractivity contribution < 1.29 is 5.11 Å². The summed E-state index contributed by atoms with van der Waals surface area (Å²) in [7, 11) is 4.33. The molecule has 0 saturated carbocycles. The van der Waals surface area contributed by atoms with Crippen LogP contribution in [0.4, 0.5) is 5.69 Å². The van der Waals surface area contributed by atoms with Crippen LogP contribution in [0.1, 0.15) is 27.7 Å². The van der Waals surface area contributed by atoms with Gasteiger partial charge < -0.3 is 14.9 Å². The highest BCUT2D eigenvalue weighted by molar-refractivity contribution is 6.57. The zero-order valence-electron chi connectivity index (χ0n) is 14.1. The monoisotopic (exact) mass is 287 g/mol. The van der Waals surface area contributed by atoms with E-state index in [2.05, 4.69) is 62.2 Å². The van der Waals surface area contributed by atoms with Crippen molar-refractivity contribution in [3.05, 3.63) is 24.3 Å². The molecule has 0 amide bonds. The second-order valence-electron chi connectivity index (χ2n) is 7.31. The highest BCUT2D eigenvalue weighted by Gasteiger charge is 2.35. The first-order chi connectivity index (χ1) is 9.69. The fourth-order valence-corrected chi connectivity index (χ4v) is 2.44. The molecule has 0 unspecified atom stereocenters. The van der Waals surface area contributed by atoms with Gasteiger partial charge in [-0.25, -0.2) is 0 Å². The van der Waals surface area contributed by atoms with Crippen molar-refractivity contribution in [3.63, 3.8) is 0 Å². The molecule has 0 atom stereocenters. The molecule has 1 aliphatic heterocycles. The molecule has 21 heavy (non-hydrogen) atoms. The van der Waals surface area contributed by atoms with Gasteiger partial charge in [-0.1, -0.05) is 31.4 Å². The third-order valence-electron chi connectivity index (χ3n) is 4.87. The fourth-order valence-electron chi connectivity index (χ4n) is 2.44. The molecule has 3 nitrogen and oxygen atoms in total. The number of piperazine rings is 1. The molecule has 0 bridgehead atoms. The van der Waals surface area contributed by atoms with Crippen molar-refractivity contribution in [1.29, 1.82) is 0 Å². The zero-order valence-corrected chi connectivity index (χ0v) is 14.1. The van der Waals surface area contributed by atoms with Gasteiger partial charge >= 0.3 is 0 Å². The van der Waals surface area contributed by atoms with Gasteiger partial charge in [-0.2, -0.15) is 0 Å². The molecule has 0 aromatic heterocycles. The van der Waals surface area contributed by atoms with E-state index in [9.17, 15) is 5.11 Å². The zero-order chi connectivity index (χ0) is 15.7. The summed E-state index contributed by atoms with van der Waals surface area (Å²) in [4.78, 5) is 4.80. The van der Waals surface area contributed by atoms with Crippen LogP contribution in [0.2, 0.25) is 5.31 Å². The van der Waals surface area contributed by atoms with Crippen LogP contribution in [0, 0.1) is 0 Å². The number of hydrogen-bond acceptors (Lipinski definition) is 3. The first kappa shape index (κ1) is 16.4. The number of likely N-dealkylation sites (N-methyl/N-ethyl adjacent to an activating group) is 1. The van der Waals surface area contributed by atoms with Gasteiger partial charge in [0.25, 0.3) is 0 Å². The van der Waals surface area contributed by atoms with Gasteiger partial charge in [0.15, 0.2) is 7.28 Å². The van der Waals surface area contributed by atoms with Crippen LogP contribution in [-0.2, 0) is 0 Å². The molecule has 2 rings (SSSR count). The maximum atomic E-state index is 10.2. The van der Waals surface area contributed by atoms with Gasteiger partial charge in [-0.05, 0) is 38.3 Å². The molecule has 115 valence electrons. The highest BCUT2D eigenvalue weighted by atomic mass is 16.3. The maximum absolute atomic E-state index is 10.2. The fraction of sp³-hybridized carbons (Fsp3) is 0.647. The van der Waals surface area contributed by atoms with Crippen molar-refractivity contribution in [2.75, 3.05) is 38.1 Å². The molecule has 1 aliphatic rings. The average Bonchev–Trinajstić information content (AvgIpc) is 2.39. The first-order valence-corrected chi connectivity index (χ1v) is 7.81. The first-order valence-electron chi connectivity index (χ1n) is 7.81. The van der Waals surface area contributed by atoms with E-state index in [0.717, 1.165) is 26.2 Å². The minimum absolute atomic E-state index is 0.262. The van der Waals surface area contributed by atoms with Crippen LogP contribution in [0.3, 0.4) is 0 Å². The van der Waals surface area contributed by atoms with Crippen molar-refractivity contribution in [2.24, 2.45) is 0 Å². The van der Waals surface area contributed by atoms with Crippen LogP contribution in [-0.4, -0.2) is 56.1 Å². The Bertz CT molecular complexity index is 457. The largest absolute Gasteiger partial charge is 0.391 e. The van der Waals surface area contributed by atoms with Crippen LogP contribution < -0.4 is 10.4 Å². The minimum atomic E-state index is -0.733. The minimum Gasteiger partial charge on any atom is -0.391 e. The standard InChI is InChI=1S/C17H28BN2O/c1-16(2,17(3,4)21)18-14-6-8-15(9-7-14)20-12-10-19(5)11-13-20/h6-9,21H,10-13H2,1-5H3. The lowest BCUT2D eigenvalue weighted by Gasteiger charge is -2.37. The van der Waals surface area contributed by atoms with Gasteiger partial charge in [0.1, 0.15) is 0 Å². The molecule has 1 saturated heterocycles. The molecule has 1 fully saturated rings. The Hall–Kier alpha value is -0.995. The van der Waals surface area contributed by atoms with E-state index in [1.54, 1.807) is 0 Å². The molecular weight excluding hydrogens is 259 g/mol. The molecule has 0 aliphatic carbocycles. The Morgan fingerprint density at radius 1 is 0.952 bits per heavy atom. The third-order valence-corrected chi connectivity index (χ3v) is 4.87. The highest BCUT2D eigenvalue weighted by Crippen LogP contribution is 2.36. The van der Waals surface area contributed by atoms with Gasteiger partial charge in [-0.15, -0.1) is 0 Å². The van der Waals surface area contributed by atoms with E-state index in [1.165, 1.54) is 11.2 Å². The van der Waals surface area contributed by atoms with Crippen molar-refractivity contribution >= 4 is 18.4 Å². The summed E-state index contributed by atoms with van der Waals surface area (Å²) in [5.41, 5.74) is 1.73. The van der Waals surface area contributed by atoms with E-state index in [0.29, 0.717) is 0 Å². The SMILES string of the molecule is CN1CCN(c2ccc([B]C(C)(C)C(C)(C)O)cc2)CC1. The van der Waals surface area contributed by atoms with E-state index < -0.39 is 5.60 Å². The van der Waals surface area contributed by atoms with E-state index >= 15 is 0 Å². The number of aliphatic hydroxyl groups is 1. The molecule has 1 N–H and O–H groups in total. The van der Waals surface area contributed by atoms with Crippen LogP contribution in [0.15, 0.2) is 24.3 Å². The number of nitrogens with zero attached hydrogens (tertiary/aromatic N) is 2. The van der Waals surface area contributed by atoms with Gasteiger partial charge in [0, 0.05) is 31.9 Å². The number of anilines is 1. The average molecular weight is 287 g/mol. The van der Waals surface area contributed by atoms with E-state index in [4.69, 9.17) is 0 Å². The lowest BCUT2D eigenvalue weighted by atomic mass is 9.45. The number of hydrogen-bond donors (Lipinski definition) is 1. The second kappa shape index (κ2) is 6.01. The summed E-state index contributed by atoms with van der Waals surface area (Å²) in [5.74, 6) is 0. The summed E-state index contributed by atoms with van der Waals surface area (Å²) in [6.07, 6.45) is 0. The second-order valence-corrected chi connectivity index (χ2v) is 7.31. The van der Waals surface area contributed by atoms with E-state index in [1.807, 2.05) is 13.8 Å². The van der Waals surface area contributed by atoms with Crippen molar-refractivity contribution in [2.45, 2.75) is 38.6 Å². The molecule has 1 heterocycles. The Morgan fingerprint density at radius 2 is 1.48 bits per heavy atom. The Morgan fingerprint density at radius 3 is 1.95 bits per heavy atom. The molecule has 1 radical (unpaired) electrons. The molecule has 0 spiro atoms. The maximum Gasteiger partial charge on any atom is 0.161 e. The van der Waals surface area contributed by atoms with Crippen LogP contribution in [0.5, 0.6) is 0 Å². The van der Waals surface area contributed by atoms with Gasteiger partial charge in [-0.3, -0.25) is 0 Å². The Balaban J connectivity index is 2.02. The van der Waals surface area contributed by atoms with E-state index in [-0.39, 0.29) is 5.31 Å². The molecule has 1 aromatic rings. The summed E-state index contributed by atoms with van der Waals surface area (Å²) in [6.45, 7) is 12.3. The third kappa shape index (κ3) is 4.01. The summed E-state index contributed by atoms with van der Waals surface area (Å²) in [6, 6.07) is 8.69. The Labute approximate surface area is 130 Å². The lowest BCUT2D eigenvalue weighted by Crippen LogP contribution is -2.44. The predicted molar refractivity (Wildman–Crippen MR) is 91.9 cm³/mol. The predicted octanol–water partition coefficient (Wildman–Crippen LogP) is 1.74. The summed E-state index contributed by atoms with van der Waals surface area (Å²) < 4.78 is 0. The van der Waals surface area contributed by atoms with Crippen LogP contribution >= 0.6 is 0 Å². The topological polar surface area (TPSA) is 26.7 Å². The normalized spacial score (nSPS) is 17.9. The number of benzene rings is 1.